The van der Waals surface area contributed by atoms with Gasteiger partial charge in [0.1, 0.15) is 0 Å². The molecule has 18 heavy (non-hydrogen) atoms. The molecule has 0 aliphatic heterocycles. The number of aliphatic hydroxyl groups is 1. The zero-order valence-corrected chi connectivity index (χ0v) is 12.3. The zero-order chi connectivity index (χ0) is 13.3. The lowest BCUT2D eigenvalue weighted by molar-refractivity contribution is -0.0546. The summed E-state index contributed by atoms with van der Waals surface area (Å²) in [5.74, 6) is 0. The molecule has 1 aliphatic carbocycles. The van der Waals surface area contributed by atoms with E-state index >= 15 is 0 Å². The monoisotopic (exact) mass is 255 g/mol. The predicted molar refractivity (Wildman–Crippen MR) is 78.6 cm³/mol. The minimum absolute atomic E-state index is 0.262. The van der Waals surface area contributed by atoms with E-state index in [1.54, 1.807) is 0 Å². The van der Waals surface area contributed by atoms with Crippen LogP contribution >= 0.6 is 0 Å². The molecule has 0 unspecified atom stereocenters. The van der Waals surface area contributed by atoms with Crippen molar-refractivity contribution in [2.45, 2.75) is 102 Å². The third-order valence-electron chi connectivity index (χ3n) is 4.28. The maximum Gasteiger partial charge on any atom is 0.0677 e. The van der Waals surface area contributed by atoms with Crippen LogP contribution in [-0.2, 0) is 0 Å². The number of hydrogen-bond donors (Lipinski definition) is 2. The second-order valence-corrected chi connectivity index (χ2v) is 6.32. The molecule has 0 saturated heterocycles. The van der Waals surface area contributed by atoms with Crippen LogP contribution in [0.15, 0.2) is 0 Å². The van der Waals surface area contributed by atoms with Crippen LogP contribution in [0.1, 0.15) is 90.4 Å². The van der Waals surface area contributed by atoms with Crippen LogP contribution in [0.5, 0.6) is 0 Å². The summed E-state index contributed by atoms with van der Waals surface area (Å²) in [6, 6.07) is 0.262. The Bertz CT molecular complexity index is 199. The van der Waals surface area contributed by atoms with Crippen molar-refractivity contribution in [1.82, 2.24) is 0 Å². The molecule has 2 nitrogen and oxygen atoms in total. The number of hydrogen-bond acceptors (Lipinski definition) is 2. The molecule has 2 heteroatoms. The normalized spacial score (nSPS) is 27.2. The molecular formula is C16H33NO. The van der Waals surface area contributed by atoms with Crippen molar-refractivity contribution in [3.63, 3.8) is 0 Å². The van der Waals surface area contributed by atoms with Gasteiger partial charge >= 0.3 is 0 Å². The summed E-state index contributed by atoms with van der Waals surface area (Å²) in [6.07, 6.45) is 16.2. The van der Waals surface area contributed by atoms with Gasteiger partial charge in [-0.3, -0.25) is 0 Å². The minimum atomic E-state index is -0.389. The van der Waals surface area contributed by atoms with Crippen LogP contribution in [0.3, 0.4) is 0 Å². The Kier molecular flexibility index (Phi) is 7.92. The van der Waals surface area contributed by atoms with Crippen LogP contribution in [0, 0.1) is 0 Å². The van der Waals surface area contributed by atoms with Gasteiger partial charge in [0, 0.05) is 6.04 Å². The first kappa shape index (κ1) is 16.0. The van der Waals surface area contributed by atoms with E-state index in [0.717, 1.165) is 19.3 Å². The van der Waals surface area contributed by atoms with Gasteiger partial charge in [0.15, 0.2) is 0 Å². The molecule has 1 fully saturated rings. The van der Waals surface area contributed by atoms with Crippen molar-refractivity contribution in [1.29, 1.82) is 0 Å². The Morgan fingerprint density at radius 1 is 0.889 bits per heavy atom. The van der Waals surface area contributed by atoms with Gasteiger partial charge < -0.3 is 10.8 Å². The Hall–Kier alpha value is -0.0800. The fourth-order valence-corrected chi connectivity index (χ4v) is 3.06. The highest BCUT2D eigenvalue weighted by molar-refractivity contribution is 4.96. The maximum atomic E-state index is 10.0. The summed E-state index contributed by atoms with van der Waals surface area (Å²) in [7, 11) is 0. The summed E-state index contributed by atoms with van der Waals surface area (Å²) in [6.45, 7) is 2.27. The Balaban J connectivity index is 1.76. The van der Waals surface area contributed by atoms with Crippen LogP contribution in [-0.4, -0.2) is 16.7 Å². The molecule has 1 rings (SSSR count). The lowest BCUT2D eigenvalue weighted by atomic mass is 9.73. The fourth-order valence-electron chi connectivity index (χ4n) is 3.06. The van der Waals surface area contributed by atoms with Crippen molar-refractivity contribution < 1.29 is 5.11 Å². The van der Waals surface area contributed by atoms with E-state index in [0.29, 0.717) is 0 Å². The molecule has 0 atom stereocenters. The summed E-state index contributed by atoms with van der Waals surface area (Å²) in [5, 5.41) is 10.0. The van der Waals surface area contributed by atoms with Gasteiger partial charge in [-0.2, -0.15) is 0 Å². The van der Waals surface area contributed by atoms with E-state index in [9.17, 15) is 5.11 Å². The second kappa shape index (κ2) is 8.92. The molecule has 0 bridgehead atoms. The minimum Gasteiger partial charge on any atom is -0.390 e. The van der Waals surface area contributed by atoms with Crippen LogP contribution < -0.4 is 5.73 Å². The number of nitrogens with two attached hydrogens (primary N) is 1. The van der Waals surface area contributed by atoms with Gasteiger partial charge in [-0.25, -0.2) is 0 Å². The van der Waals surface area contributed by atoms with Gasteiger partial charge in [0.2, 0.25) is 0 Å². The average Bonchev–Trinajstić information content (AvgIpc) is 2.30. The number of rotatable bonds is 11. The second-order valence-electron chi connectivity index (χ2n) is 6.32. The van der Waals surface area contributed by atoms with E-state index in [1.165, 1.54) is 64.2 Å². The van der Waals surface area contributed by atoms with E-state index in [4.69, 9.17) is 5.73 Å². The molecular weight excluding hydrogens is 222 g/mol. The Labute approximate surface area is 113 Å². The third kappa shape index (κ3) is 6.75. The lowest BCUT2D eigenvalue weighted by Gasteiger charge is -2.42. The van der Waals surface area contributed by atoms with Crippen molar-refractivity contribution in [3.05, 3.63) is 0 Å². The highest BCUT2D eigenvalue weighted by atomic mass is 16.3. The van der Waals surface area contributed by atoms with Crippen molar-refractivity contribution in [2.24, 2.45) is 5.73 Å². The average molecular weight is 255 g/mol. The Morgan fingerprint density at radius 3 is 1.78 bits per heavy atom. The van der Waals surface area contributed by atoms with Crippen LogP contribution in [0.2, 0.25) is 0 Å². The SMILES string of the molecule is CCCCCCCCCCCCC1(O)CC(N)C1. The number of unbranched alkanes of at least 4 members (excludes halogenated alkanes) is 9. The first-order valence-electron chi connectivity index (χ1n) is 8.14. The van der Waals surface area contributed by atoms with E-state index in [1.807, 2.05) is 0 Å². The third-order valence-corrected chi connectivity index (χ3v) is 4.28. The summed E-state index contributed by atoms with van der Waals surface area (Å²) in [4.78, 5) is 0. The van der Waals surface area contributed by atoms with Crippen LogP contribution in [0.25, 0.3) is 0 Å². The summed E-state index contributed by atoms with van der Waals surface area (Å²) in [5.41, 5.74) is 5.32. The van der Waals surface area contributed by atoms with Gasteiger partial charge in [-0.1, -0.05) is 71.1 Å². The highest BCUT2D eigenvalue weighted by Gasteiger charge is 2.39. The molecule has 3 N–H and O–H groups in total. The van der Waals surface area contributed by atoms with Crippen molar-refractivity contribution in [3.8, 4) is 0 Å². The summed E-state index contributed by atoms with van der Waals surface area (Å²) >= 11 is 0. The smallest absolute Gasteiger partial charge is 0.0677 e. The van der Waals surface area contributed by atoms with E-state index in [2.05, 4.69) is 6.92 Å². The molecule has 0 aromatic rings. The Morgan fingerprint density at radius 2 is 1.33 bits per heavy atom. The first-order chi connectivity index (χ1) is 8.66. The zero-order valence-electron chi connectivity index (χ0n) is 12.3. The quantitative estimate of drug-likeness (QED) is 0.545. The fraction of sp³-hybridized carbons (Fsp3) is 1.00. The molecule has 108 valence electrons. The summed E-state index contributed by atoms with van der Waals surface area (Å²) < 4.78 is 0. The van der Waals surface area contributed by atoms with Gasteiger partial charge in [-0.05, 0) is 19.3 Å². The first-order valence-corrected chi connectivity index (χ1v) is 8.14. The topological polar surface area (TPSA) is 46.2 Å². The molecule has 0 aromatic carbocycles. The predicted octanol–water partition coefficient (Wildman–Crippen LogP) is 4.15. The molecule has 0 spiro atoms. The van der Waals surface area contributed by atoms with Gasteiger partial charge in [0.05, 0.1) is 5.60 Å². The van der Waals surface area contributed by atoms with Crippen LogP contribution in [0.4, 0.5) is 0 Å². The largest absolute Gasteiger partial charge is 0.390 e. The van der Waals surface area contributed by atoms with Crippen molar-refractivity contribution >= 4 is 0 Å². The van der Waals surface area contributed by atoms with Crippen molar-refractivity contribution in [2.75, 3.05) is 0 Å². The molecule has 0 aromatic heterocycles. The molecule has 1 saturated carbocycles. The maximum absolute atomic E-state index is 10.0. The van der Waals surface area contributed by atoms with Gasteiger partial charge in [0.25, 0.3) is 0 Å². The van der Waals surface area contributed by atoms with E-state index in [-0.39, 0.29) is 11.6 Å². The van der Waals surface area contributed by atoms with Gasteiger partial charge in [-0.15, -0.1) is 0 Å². The molecule has 0 radical (unpaired) electrons. The standard InChI is InChI=1S/C16H33NO/c1-2-3-4-5-6-7-8-9-10-11-12-16(18)13-15(17)14-16/h15,18H,2-14,17H2,1H3. The molecule has 1 aliphatic rings. The van der Waals surface area contributed by atoms with E-state index < -0.39 is 0 Å². The molecule has 0 heterocycles. The lowest BCUT2D eigenvalue weighted by Crippen LogP contribution is -2.51. The molecule has 0 amide bonds. The highest BCUT2D eigenvalue weighted by Crippen LogP contribution is 2.35.